The molecule has 0 aliphatic rings. The number of benzene rings is 2. The molecular formula is C17H13FN2O2S. The van der Waals surface area contributed by atoms with Gasteiger partial charge in [0.25, 0.3) is 4.84 Å². The lowest BCUT2D eigenvalue weighted by Gasteiger charge is -2.00. The molecule has 0 radical (unpaired) electrons. The fourth-order valence-electron chi connectivity index (χ4n) is 2.08. The normalized spacial score (nSPS) is 10.7. The van der Waals surface area contributed by atoms with Gasteiger partial charge in [-0.15, -0.1) is 5.10 Å². The molecule has 3 rings (SSSR count). The fraction of sp³-hybridized carbons (Fsp3) is 0.118. The molecule has 0 bridgehead atoms. The van der Waals surface area contributed by atoms with Crippen LogP contribution in [0, 0.1) is 17.6 Å². The van der Waals surface area contributed by atoms with Crippen LogP contribution in [0.1, 0.15) is 15.9 Å². The number of aromatic nitrogens is 2. The van der Waals surface area contributed by atoms with Gasteiger partial charge in [-0.1, -0.05) is 17.7 Å². The Morgan fingerprint density at radius 1 is 1.17 bits per heavy atom. The first-order valence-corrected chi connectivity index (χ1v) is 7.37. The highest BCUT2D eigenvalue weighted by molar-refractivity contribution is 7.71. The minimum Gasteiger partial charge on any atom is -0.409 e. The Balaban J connectivity index is 1.84. The molecule has 0 amide bonds. The van der Waals surface area contributed by atoms with Crippen LogP contribution in [0.25, 0.3) is 11.5 Å². The summed E-state index contributed by atoms with van der Waals surface area (Å²) in [7, 11) is 0. The maximum Gasteiger partial charge on any atom is 0.287 e. The Bertz CT molecular complexity index is 896. The monoisotopic (exact) mass is 328 g/mol. The Morgan fingerprint density at radius 2 is 1.83 bits per heavy atom. The second-order valence-electron chi connectivity index (χ2n) is 5.13. The quantitative estimate of drug-likeness (QED) is 0.532. The summed E-state index contributed by atoms with van der Waals surface area (Å²) < 4.78 is 19.7. The molecule has 4 nitrogen and oxygen atoms in total. The molecule has 0 aliphatic carbocycles. The first kappa shape index (κ1) is 15.3. The number of hydrogen-bond acceptors (Lipinski definition) is 4. The number of ketones is 1. The van der Waals surface area contributed by atoms with E-state index in [9.17, 15) is 9.18 Å². The Hall–Kier alpha value is -2.60. The highest BCUT2D eigenvalue weighted by Gasteiger charge is 2.12. The summed E-state index contributed by atoms with van der Waals surface area (Å²) in [6.45, 7) is 1.93. The number of aryl methyl sites for hydroxylation is 1. The molecule has 1 heterocycles. The van der Waals surface area contributed by atoms with Crippen molar-refractivity contribution < 1.29 is 13.6 Å². The average Bonchev–Trinajstić information content (AvgIpc) is 2.89. The van der Waals surface area contributed by atoms with Crippen molar-refractivity contribution in [3.05, 3.63) is 70.3 Å². The summed E-state index contributed by atoms with van der Waals surface area (Å²) in [6.07, 6.45) is 0. The molecule has 0 saturated heterocycles. The number of carbonyl (C=O) groups excluding carboxylic acids is 1. The van der Waals surface area contributed by atoms with Crippen molar-refractivity contribution in [2.45, 2.75) is 13.5 Å². The summed E-state index contributed by atoms with van der Waals surface area (Å²) >= 11 is 5.11. The van der Waals surface area contributed by atoms with Gasteiger partial charge in [0.05, 0.1) is 0 Å². The molecule has 0 unspecified atom stereocenters. The maximum atomic E-state index is 12.9. The van der Waals surface area contributed by atoms with Crippen molar-refractivity contribution in [3.63, 3.8) is 0 Å². The van der Waals surface area contributed by atoms with E-state index in [4.69, 9.17) is 16.6 Å². The molecule has 0 spiro atoms. The van der Waals surface area contributed by atoms with Crippen molar-refractivity contribution in [1.82, 2.24) is 9.78 Å². The number of nitrogens with zero attached hydrogens (tertiary/aromatic N) is 2. The standard InChI is InChI=1S/C17H13FN2O2S/c1-11-2-4-13(5-3-11)16-19-20(17(23)22-16)10-15(21)12-6-8-14(18)9-7-12/h2-9H,10H2,1H3. The van der Waals surface area contributed by atoms with E-state index < -0.39 is 0 Å². The van der Waals surface area contributed by atoms with Gasteiger partial charge in [0.2, 0.25) is 5.89 Å². The van der Waals surface area contributed by atoms with Crippen molar-refractivity contribution in [2.24, 2.45) is 0 Å². The largest absolute Gasteiger partial charge is 0.409 e. The van der Waals surface area contributed by atoms with E-state index in [-0.39, 0.29) is 23.0 Å². The number of carbonyl (C=O) groups is 1. The molecule has 0 saturated carbocycles. The molecule has 0 fully saturated rings. The van der Waals surface area contributed by atoms with Crippen LogP contribution < -0.4 is 0 Å². The number of Topliss-reactive ketones (excluding diaryl/α,β-unsaturated/α-hetero) is 1. The molecule has 2 aromatic carbocycles. The lowest BCUT2D eigenvalue weighted by atomic mass is 10.1. The van der Waals surface area contributed by atoms with Crippen LogP contribution in [0.3, 0.4) is 0 Å². The molecule has 0 N–H and O–H groups in total. The average molecular weight is 328 g/mol. The molecule has 1 aromatic heterocycles. The number of rotatable bonds is 4. The molecule has 3 aromatic rings. The van der Waals surface area contributed by atoms with E-state index in [1.165, 1.54) is 28.9 Å². The van der Waals surface area contributed by atoms with Gasteiger partial charge in [0.15, 0.2) is 5.78 Å². The lowest BCUT2D eigenvalue weighted by Crippen LogP contribution is -2.11. The van der Waals surface area contributed by atoms with Gasteiger partial charge < -0.3 is 4.42 Å². The summed E-state index contributed by atoms with van der Waals surface area (Å²) in [5.41, 5.74) is 2.31. The van der Waals surface area contributed by atoms with E-state index in [1.54, 1.807) is 0 Å². The smallest absolute Gasteiger partial charge is 0.287 e. The third-order valence-electron chi connectivity index (χ3n) is 3.36. The van der Waals surface area contributed by atoms with Crippen molar-refractivity contribution in [2.75, 3.05) is 0 Å². The topological polar surface area (TPSA) is 48.0 Å². The Morgan fingerprint density at radius 3 is 2.48 bits per heavy atom. The van der Waals surface area contributed by atoms with Gasteiger partial charge in [0.1, 0.15) is 12.4 Å². The Kier molecular flexibility index (Phi) is 4.16. The zero-order valence-electron chi connectivity index (χ0n) is 12.3. The predicted octanol–water partition coefficient (Wildman–Crippen LogP) is 4.20. The lowest BCUT2D eigenvalue weighted by molar-refractivity contribution is 0.0966. The zero-order valence-corrected chi connectivity index (χ0v) is 13.1. The van der Waals surface area contributed by atoms with Crippen LogP contribution in [0.4, 0.5) is 4.39 Å². The van der Waals surface area contributed by atoms with Crippen molar-refractivity contribution >= 4 is 18.0 Å². The third-order valence-corrected chi connectivity index (χ3v) is 3.66. The summed E-state index contributed by atoms with van der Waals surface area (Å²) in [5.74, 6) is -0.243. The molecule has 0 atom stereocenters. The van der Waals surface area contributed by atoms with Gasteiger partial charge in [0, 0.05) is 11.1 Å². The highest BCUT2D eigenvalue weighted by Crippen LogP contribution is 2.18. The van der Waals surface area contributed by atoms with Gasteiger partial charge in [-0.2, -0.15) is 0 Å². The second-order valence-corrected chi connectivity index (χ2v) is 5.48. The fourth-order valence-corrected chi connectivity index (χ4v) is 2.27. The summed E-state index contributed by atoms with van der Waals surface area (Å²) in [4.78, 5) is 12.3. The zero-order chi connectivity index (χ0) is 16.4. The van der Waals surface area contributed by atoms with Gasteiger partial charge in [-0.3, -0.25) is 4.79 Å². The minimum absolute atomic E-state index is 0.0557. The van der Waals surface area contributed by atoms with Crippen LogP contribution in [0.2, 0.25) is 0 Å². The van der Waals surface area contributed by atoms with Crippen LogP contribution in [-0.2, 0) is 6.54 Å². The van der Waals surface area contributed by atoms with Crippen LogP contribution in [-0.4, -0.2) is 15.6 Å². The van der Waals surface area contributed by atoms with Crippen LogP contribution >= 0.6 is 12.2 Å². The highest BCUT2D eigenvalue weighted by atomic mass is 32.1. The van der Waals surface area contributed by atoms with E-state index in [1.807, 2.05) is 31.2 Å². The maximum absolute atomic E-state index is 12.9. The van der Waals surface area contributed by atoms with E-state index in [0.29, 0.717) is 11.5 Å². The predicted molar refractivity (Wildman–Crippen MR) is 86.2 cm³/mol. The molecular weight excluding hydrogens is 315 g/mol. The van der Waals surface area contributed by atoms with Crippen molar-refractivity contribution in [1.29, 1.82) is 0 Å². The summed E-state index contributed by atoms with van der Waals surface area (Å²) in [5, 5.41) is 4.24. The van der Waals surface area contributed by atoms with Crippen LogP contribution in [0.5, 0.6) is 0 Å². The SMILES string of the molecule is Cc1ccc(-c2nn(CC(=O)c3ccc(F)cc3)c(=S)o2)cc1. The van der Waals surface area contributed by atoms with Gasteiger partial charge >= 0.3 is 0 Å². The molecule has 23 heavy (non-hydrogen) atoms. The first-order chi connectivity index (χ1) is 11.0. The summed E-state index contributed by atoms with van der Waals surface area (Å²) in [6, 6.07) is 13.0. The minimum atomic E-state index is -0.388. The van der Waals surface area contributed by atoms with E-state index in [2.05, 4.69) is 5.10 Å². The van der Waals surface area contributed by atoms with E-state index >= 15 is 0 Å². The molecule has 6 heteroatoms. The molecule has 116 valence electrons. The number of halogens is 1. The van der Waals surface area contributed by atoms with Crippen LogP contribution in [0.15, 0.2) is 52.9 Å². The second kappa shape index (κ2) is 6.26. The number of hydrogen-bond donors (Lipinski definition) is 0. The first-order valence-electron chi connectivity index (χ1n) is 6.97. The van der Waals surface area contributed by atoms with Gasteiger partial charge in [-0.05, 0) is 55.5 Å². The van der Waals surface area contributed by atoms with E-state index in [0.717, 1.165) is 11.1 Å². The third kappa shape index (κ3) is 3.43. The Labute approximate surface area is 137 Å². The van der Waals surface area contributed by atoms with Crippen molar-refractivity contribution in [3.8, 4) is 11.5 Å². The van der Waals surface area contributed by atoms with Gasteiger partial charge in [-0.25, -0.2) is 9.07 Å². The molecule has 0 aliphatic heterocycles.